The summed E-state index contributed by atoms with van der Waals surface area (Å²) in [6, 6.07) is 3.87. The standard InChI is InChI=1S/C18H22N4O3S/c1-9(2)21-15-11(4)7-10(3)8-14(15)18(16(21)25)22(13(6)24)20-17(26-18)19-12(5)23/h7-9H,1-6H3,(H,19,20,23)/t18-/m0/s1. The van der Waals surface area contributed by atoms with Crippen molar-refractivity contribution in [2.75, 3.05) is 4.90 Å². The molecule has 0 aromatic heterocycles. The number of fused-ring (bicyclic) bond motifs is 2. The highest BCUT2D eigenvalue weighted by Gasteiger charge is 2.61. The number of carbonyl (C=O) groups excluding carboxylic acids is 3. The summed E-state index contributed by atoms with van der Waals surface area (Å²) in [6.45, 7) is 10.5. The first-order valence-electron chi connectivity index (χ1n) is 8.41. The molecule has 26 heavy (non-hydrogen) atoms. The van der Waals surface area contributed by atoms with Crippen LogP contribution in [0, 0.1) is 13.8 Å². The van der Waals surface area contributed by atoms with E-state index in [4.69, 9.17) is 0 Å². The molecule has 0 fully saturated rings. The molecule has 0 bridgehead atoms. The van der Waals surface area contributed by atoms with Crippen LogP contribution in [0.5, 0.6) is 0 Å². The molecule has 8 heteroatoms. The van der Waals surface area contributed by atoms with Crippen LogP contribution in [-0.4, -0.2) is 33.9 Å². The fourth-order valence-electron chi connectivity index (χ4n) is 3.57. The average Bonchev–Trinajstić information content (AvgIpc) is 2.98. The first-order valence-corrected chi connectivity index (χ1v) is 9.22. The SMILES string of the molecule is CC(=O)NC1=NN(C(C)=O)[C@@]2(S1)C(=O)N(C(C)C)c1c(C)cc(C)cc12. The second-order valence-corrected chi connectivity index (χ2v) is 8.09. The van der Waals surface area contributed by atoms with Crippen LogP contribution in [0.25, 0.3) is 0 Å². The predicted octanol–water partition coefficient (Wildman–Crippen LogP) is 2.21. The van der Waals surface area contributed by atoms with Crippen LogP contribution in [-0.2, 0) is 19.3 Å². The van der Waals surface area contributed by atoms with Crippen molar-refractivity contribution < 1.29 is 14.4 Å². The molecule has 1 aromatic carbocycles. The summed E-state index contributed by atoms with van der Waals surface area (Å²) in [5, 5.41) is 8.31. The molecule has 2 aliphatic heterocycles. The van der Waals surface area contributed by atoms with E-state index in [1.165, 1.54) is 18.9 Å². The Bertz CT molecular complexity index is 864. The van der Waals surface area contributed by atoms with Gasteiger partial charge in [0.1, 0.15) is 0 Å². The van der Waals surface area contributed by atoms with Gasteiger partial charge < -0.3 is 10.2 Å². The third-order valence-electron chi connectivity index (χ3n) is 4.39. The molecule has 1 spiro atoms. The van der Waals surface area contributed by atoms with Crippen LogP contribution in [0.4, 0.5) is 5.69 Å². The van der Waals surface area contributed by atoms with Crippen molar-refractivity contribution in [3.8, 4) is 0 Å². The summed E-state index contributed by atoms with van der Waals surface area (Å²) in [7, 11) is 0. The van der Waals surface area contributed by atoms with Gasteiger partial charge in [0.05, 0.1) is 5.69 Å². The highest BCUT2D eigenvalue weighted by atomic mass is 32.2. The number of carbonyl (C=O) groups is 3. The molecule has 0 aliphatic carbocycles. The highest BCUT2D eigenvalue weighted by Crippen LogP contribution is 2.56. The third kappa shape index (κ3) is 2.51. The lowest BCUT2D eigenvalue weighted by Gasteiger charge is -2.30. The predicted molar refractivity (Wildman–Crippen MR) is 102 cm³/mol. The molecule has 3 rings (SSSR count). The highest BCUT2D eigenvalue weighted by molar-refractivity contribution is 8.15. The molecule has 3 amide bonds. The molecule has 2 heterocycles. The number of hydrogen-bond acceptors (Lipinski definition) is 5. The van der Waals surface area contributed by atoms with E-state index in [1.807, 2.05) is 39.8 Å². The Balaban J connectivity index is 2.26. The van der Waals surface area contributed by atoms with E-state index in [0.717, 1.165) is 34.1 Å². The second-order valence-electron chi connectivity index (χ2n) is 6.91. The number of rotatable bonds is 1. The molecule has 0 saturated carbocycles. The maximum Gasteiger partial charge on any atom is 0.271 e. The first-order chi connectivity index (χ1) is 12.1. The minimum absolute atomic E-state index is 0.0822. The Morgan fingerprint density at radius 2 is 1.88 bits per heavy atom. The minimum atomic E-state index is -1.32. The Kier molecular flexibility index (Phi) is 4.34. The van der Waals surface area contributed by atoms with Crippen LogP contribution in [0.3, 0.4) is 0 Å². The van der Waals surface area contributed by atoms with Crippen molar-refractivity contribution in [1.82, 2.24) is 10.3 Å². The maximum absolute atomic E-state index is 13.6. The zero-order chi connectivity index (χ0) is 19.4. The largest absolute Gasteiger partial charge is 0.306 e. The normalized spacial score (nSPS) is 21.5. The molecule has 0 unspecified atom stereocenters. The minimum Gasteiger partial charge on any atom is -0.306 e. The number of benzene rings is 1. The molecule has 0 saturated heterocycles. The lowest BCUT2D eigenvalue weighted by Crippen LogP contribution is -2.50. The number of aryl methyl sites for hydroxylation is 2. The smallest absolute Gasteiger partial charge is 0.271 e. The van der Waals surface area contributed by atoms with E-state index in [-0.39, 0.29) is 28.9 Å². The fourth-order valence-corrected chi connectivity index (χ4v) is 4.88. The number of hydrogen-bond donors (Lipinski definition) is 1. The van der Waals surface area contributed by atoms with Gasteiger partial charge in [-0.15, -0.1) is 5.10 Å². The van der Waals surface area contributed by atoms with Crippen LogP contribution in [0.15, 0.2) is 17.2 Å². The number of thioether (sulfide) groups is 1. The van der Waals surface area contributed by atoms with Crippen molar-refractivity contribution in [2.45, 2.75) is 52.5 Å². The Labute approximate surface area is 156 Å². The number of amidine groups is 1. The maximum atomic E-state index is 13.6. The number of hydrazone groups is 1. The molecule has 1 atom stereocenters. The topological polar surface area (TPSA) is 82.1 Å². The zero-order valence-corrected chi connectivity index (χ0v) is 16.5. The van der Waals surface area contributed by atoms with Crippen molar-refractivity contribution in [1.29, 1.82) is 0 Å². The van der Waals surface area contributed by atoms with Gasteiger partial charge in [-0.2, -0.15) is 5.01 Å². The van der Waals surface area contributed by atoms with Crippen LogP contribution in [0.1, 0.15) is 44.4 Å². The van der Waals surface area contributed by atoms with Crippen LogP contribution < -0.4 is 10.2 Å². The van der Waals surface area contributed by atoms with E-state index in [0.29, 0.717) is 0 Å². The van der Waals surface area contributed by atoms with Crippen LogP contribution >= 0.6 is 11.8 Å². The lowest BCUT2D eigenvalue weighted by atomic mass is 10.0. The van der Waals surface area contributed by atoms with E-state index in [9.17, 15) is 14.4 Å². The van der Waals surface area contributed by atoms with Gasteiger partial charge in [-0.25, -0.2) is 0 Å². The van der Waals surface area contributed by atoms with E-state index >= 15 is 0 Å². The summed E-state index contributed by atoms with van der Waals surface area (Å²) in [6.07, 6.45) is 0. The Hall–Kier alpha value is -2.35. The summed E-state index contributed by atoms with van der Waals surface area (Å²) >= 11 is 1.11. The van der Waals surface area contributed by atoms with Crippen molar-refractivity contribution in [2.24, 2.45) is 5.10 Å². The molecule has 138 valence electrons. The van der Waals surface area contributed by atoms with Gasteiger partial charge in [0.15, 0.2) is 5.17 Å². The van der Waals surface area contributed by atoms with Gasteiger partial charge in [0.25, 0.3) is 5.91 Å². The van der Waals surface area contributed by atoms with Gasteiger partial charge in [0, 0.05) is 25.5 Å². The molecular weight excluding hydrogens is 352 g/mol. The summed E-state index contributed by atoms with van der Waals surface area (Å²) in [4.78, 5) is 37.8. The van der Waals surface area contributed by atoms with Crippen molar-refractivity contribution >= 4 is 40.3 Å². The van der Waals surface area contributed by atoms with Gasteiger partial charge in [0.2, 0.25) is 16.7 Å². The average molecular weight is 374 g/mol. The quantitative estimate of drug-likeness (QED) is 0.817. The number of nitrogens with zero attached hydrogens (tertiary/aromatic N) is 3. The van der Waals surface area contributed by atoms with Gasteiger partial charge >= 0.3 is 0 Å². The van der Waals surface area contributed by atoms with Crippen molar-refractivity contribution in [3.05, 3.63) is 28.8 Å². The van der Waals surface area contributed by atoms with Crippen molar-refractivity contribution in [3.63, 3.8) is 0 Å². The molecule has 7 nitrogen and oxygen atoms in total. The number of anilines is 1. The fraction of sp³-hybridized carbons (Fsp3) is 0.444. The first kappa shape index (κ1) is 18.4. The Morgan fingerprint density at radius 1 is 1.23 bits per heavy atom. The lowest BCUT2D eigenvalue weighted by molar-refractivity contribution is -0.139. The van der Waals surface area contributed by atoms with Crippen LogP contribution in [0.2, 0.25) is 0 Å². The van der Waals surface area contributed by atoms with Gasteiger partial charge in [-0.3, -0.25) is 14.4 Å². The molecule has 2 aliphatic rings. The van der Waals surface area contributed by atoms with E-state index in [1.54, 1.807) is 4.90 Å². The number of nitrogens with one attached hydrogen (secondary N) is 1. The summed E-state index contributed by atoms with van der Waals surface area (Å²) in [5.74, 6) is -0.883. The van der Waals surface area contributed by atoms with E-state index in [2.05, 4.69) is 10.4 Å². The second kappa shape index (κ2) is 6.12. The molecule has 0 radical (unpaired) electrons. The van der Waals surface area contributed by atoms with Gasteiger partial charge in [-0.05, 0) is 45.0 Å². The molecule has 1 N–H and O–H groups in total. The molecule has 1 aromatic rings. The third-order valence-corrected chi connectivity index (χ3v) is 5.63. The summed E-state index contributed by atoms with van der Waals surface area (Å²) < 4.78 is 0. The zero-order valence-electron chi connectivity index (χ0n) is 15.7. The van der Waals surface area contributed by atoms with Gasteiger partial charge in [-0.1, -0.05) is 17.7 Å². The monoisotopic (exact) mass is 374 g/mol. The summed E-state index contributed by atoms with van der Waals surface area (Å²) in [5.41, 5.74) is 3.51. The Morgan fingerprint density at radius 3 is 2.42 bits per heavy atom. The molecular formula is C18H22N4O3S. The van der Waals surface area contributed by atoms with E-state index < -0.39 is 4.87 Å². The number of amides is 3.